The number of rotatable bonds is 6. The zero-order chi connectivity index (χ0) is 22.5. The number of hydrogen-bond acceptors (Lipinski definition) is 10. The zero-order valence-corrected chi connectivity index (χ0v) is 19.5. The molecule has 10 atom stereocenters. The quantitative estimate of drug-likeness (QED) is 0.601. The molecule has 0 aromatic carbocycles. The molecule has 0 aromatic heterocycles. The first kappa shape index (κ1) is 24.2. The van der Waals surface area contributed by atoms with E-state index in [1.165, 1.54) is 28.4 Å². The smallest absolute Gasteiger partial charge is 0.220 e. The van der Waals surface area contributed by atoms with Crippen molar-refractivity contribution >= 4 is 0 Å². The van der Waals surface area contributed by atoms with Gasteiger partial charge in [0.1, 0.15) is 36.6 Å². The van der Waals surface area contributed by atoms with Crippen LogP contribution in [-0.2, 0) is 47.4 Å². The highest BCUT2D eigenvalue weighted by molar-refractivity contribution is 5.10. The monoisotopic (exact) mass is 436 g/mol. The lowest BCUT2D eigenvalue weighted by atomic mass is 9.81. The molecule has 2 aliphatic heterocycles. The molecule has 2 saturated heterocycles. The van der Waals surface area contributed by atoms with Gasteiger partial charge in [-0.15, -0.1) is 0 Å². The molecule has 0 aromatic rings. The summed E-state index contributed by atoms with van der Waals surface area (Å²) in [4.78, 5) is 0. The van der Waals surface area contributed by atoms with Gasteiger partial charge in [0, 0.05) is 42.7 Å². The number of hydrogen-bond donors (Lipinski definition) is 0. The Bertz CT molecular complexity index is 520. The van der Waals surface area contributed by atoms with E-state index in [1.807, 2.05) is 0 Å². The lowest BCUT2D eigenvalue weighted by molar-refractivity contribution is -0.504. The van der Waals surface area contributed by atoms with Gasteiger partial charge in [-0.2, -0.15) is 0 Å². The van der Waals surface area contributed by atoms with E-state index in [0.717, 1.165) is 0 Å². The highest BCUT2D eigenvalue weighted by Crippen LogP contribution is 2.50. The zero-order valence-electron chi connectivity index (χ0n) is 19.5. The van der Waals surface area contributed by atoms with Crippen LogP contribution in [0.4, 0.5) is 0 Å². The van der Waals surface area contributed by atoms with Gasteiger partial charge in [-0.05, 0) is 27.7 Å². The van der Waals surface area contributed by atoms with Crippen molar-refractivity contribution in [1.82, 2.24) is 0 Å². The Morgan fingerprint density at radius 1 is 0.433 bits per heavy atom. The lowest BCUT2D eigenvalue weighted by Crippen LogP contribution is -2.79. The van der Waals surface area contributed by atoms with Crippen molar-refractivity contribution in [1.29, 1.82) is 0 Å². The van der Waals surface area contributed by atoms with Gasteiger partial charge in [0.05, 0.1) is 0 Å². The molecule has 0 amide bonds. The minimum Gasteiger partial charge on any atom is -0.376 e. The van der Waals surface area contributed by atoms with Crippen LogP contribution in [-0.4, -0.2) is 102 Å². The Labute approximate surface area is 178 Å². The van der Waals surface area contributed by atoms with Crippen molar-refractivity contribution in [2.75, 3.05) is 42.7 Å². The molecule has 3 aliphatic rings. The number of methoxy groups -OCH3 is 6. The van der Waals surface area contributed by atoms with Crippen molar-refractivity contribution < 1.29 is 47.4 Å². The first-order chi connectivity index (χ1) is 14.0. The van der Waals surface area contributed by atoms with Crippen LogP contribution in [0.2, 0.25) is 0 Å². The van der Waals surface area contributed by atoms with E-state index in [0.29, 0.717) is 0 Å². The minimum absolute atomic E-state index is 0.571. The summed E-state index contributed by atoms with van der Waals surface area (Å²) < 4.78 is 60.0. The van der Waals surface area contributed by atoms with E-state index in [9.17, 15) is 0 Å². The maximum atomic E-state index is 6.41. The molecule has 3 fully saturated rings. The molecule has 0 spiro atoms. The summed E-state index contributed by atoms with van der Waals surface area (Å²) in [5.74, 6) is -4.81. The van der Waals surface area contributed by atoms with E-state index < -0.39 is 59.8 Å². The number of fused-ring (bicyclic) bond motifs is 2. The molecule has 1 aliphatic carbocycles. The summed E-state index contributed by atoms with van der Waals surface area (Å²) in [6.07, 6.45) is -3.51. The van der Waals surface area contributed by atoms with E-state index in [-0.39, 0.29) is 0 Å². The normalized spacial score (nSPS) is 53.8. The molecule has 30 heavy (non-hydrogen) atoms. The van der Waals surface area contributed by atoms with Crippen LogP contribution in [0.1, 0.15) is 27.7 Å². The second-order valence-electron chi connectivity index (χ2n) is 8.33. The summed E-state index contributed by atoms with van der Waals surface area (Å²) >= 11 is 0. The topological polar surface area (TPSA) is 92.3 Å². The van der Waals surface area contributed by atoms with Gasteiger partial charge in [-0.3, -0.25) is 0 Å². The van der Waals surface area contributed by atoms with Crippen molar-refractivity contribution in [3.8, 4) is 0 Å². The molecular weight excluding hydrogens is 400 g/mol. The standard InChI is InChI=1S/C20H36O10/c1-17(23-7)18(2,24-8)28-14-12(22-6)16-15(11(21-5)13(14)27-17)29-19(3,25-9)20(4,26-10)30-16/h11-16H,1-10H3/t11-,12+,13-,14-,15+,16+,17?,18?,19?,20?. The highest BCUT2D eigenvalue weighted by Gasteiger charge is 2.69. The summed E-state index contributed by atoms with van der Waals surface area (Å²) in [5.41, 5.74) is 0. The van der Waals surface area contributed by atoms with Crippen LogP contribution in [0, 0.1) is 0 Å². The van der Waals surface area contributed by atoms with E-state index >= 15 is 0 Å². The second-order valence-corrected chi connectivity index (χ2v) is 8.33. The first-order valence-electron chi connectivity index (χ1n) is 10.00. The molecule has 3 rings (SSSR count). The molecule has 10 nitrogen and oxygen atoms in total. The van der Waals surface area contributed by atoms with Crippen LogP contribution < -0.4 is 0 Å². The molecule has 0 N–H and O–H groups in total. The third-order valence-electron chi connectivity index (χ3n) is 7.14. The Morgan fingerprint density at radius 3 is 0.767 bits per heavy atom. The van der Waals surface area contributed by atoms with Gasteiger partial charge < -0.3 is 47.4 Å². The van der Waals surface area contributed by atoms with E-state index in [1.54, 1.807) is 41.9 Å². The molecule has 4 unspecified atom stereocenters. The predicted octanol–water partition coefficient (Wildman–Crippen LogP) is 1.05. The Kier molecular flexibility index (Phi) is 6.61. The Morgan fingerprint density at radius 2 is 0.633 bits per heavy atom. The van der Waals surface area contributed by atoms with Crippen LogP contribution in [0.25, 0.3) is 0 Å². The summed E-state index contributed by atoms with van der Waals surface area (Å²) in [6, 6.07) is 0. The molecule has 10 heteroatoms. The highest BCUT2D eigenvalue weighted by atomic mass is 16.8. The average Bonchev–Trinajstić information content (AvgIpc) is 2.74. The molecule has 0 bridgehead atoms. The van der Waals surface area contributed by atoms with Crippen molar-refractivity contribution in [2.24, 2.45) is 0 Å². The predicted molar refractivity (Wildman–Crippen MR) is 103 cm³/mol. The van der Waals surface area contributed by atoms with Gasteiger partial charge in [-0.25, -0.2) is 0 Å². The Hall–Kier alpha value is -0.400. The van der Waals surface area contributed by atoms with Gasteiger partial charge in [0.25, 0.3) is 0 Å². The maximum absolute atomic E-state index is 6.41. The maximum Gasteiger partial charge on any atom is 0.220 e. The lowest BCUT2D eigenvalue weighted by Gasteiger charge is -2.62. The second kappa shape index (κ2) is 8.18. The summed E-state index contributed by atoms with van der Waals surface area (Å²) in [7, 11) is 9.31. The van der Waals surface area contributed by atoms with Crippen molar-refractivity contribution in [3.05, 3.63) is 0 Å². The fourth-order valence-electron chi connectivity index (χ4n) is 4.60. The fraction of sp³-hybridized carbons (Fsp3) is 1.00. The molecule has 176 valence electrons. The van der Waals surface area contributed by atoms with Gasteiger partial charge in [0.2, 0.25) is 23.1 Å². The molecule has 0 radical (unpaired) electrons. The minimum atomic E-state index is -1.20. The third kappa shape index (κ3) is 3.24. The Balaban J connectivity index is 2.05. The van der Waals surface area contributed by atoms with Crippen LogP contribution in [0.5, 0.6) is 0 Å². The van der Waals surface area contributed by atoms with Crippen molar-refractivity contribution in [3.63, 3.8) is 0 Å². The first-order valence-corrected chi connectivity index (χ1v) is 10.00. The van der Waals surface area contributed by atoms with Crippen LogP contribution in [0.15, 0.2) is 0 Å². The SMILES string of the molecule is CO[C@@H]1[C@H]2OC(C)(OC)C(C)(OC)O[C@@H]2[C@H](OC)[C@@H]2OC(C)(OC)C(C)(OC)O[C@@H]12. The van der Waals surface area contributed by atoms with E-state index in [4.69, 9.17) is 47.4 Å². The summed E-state index contributed by atoms with van der Waals surface area (Å²) in [5, 5.41) is 0. The van der Waals surface area contributed by atoms with Crippen LogP contribution in [0.3, 0.4) is 0 Å². The number of ether oxygens (including phenoxy) is 10. The molecule has 2 heterocycles. The molecule has 1 saturated carbocycles. The van der Waals surface area contributed by atoms with Crippen molar-refractivity contribution in [2.45, 2.75) is 87.5 Å². The van der Waals surface area contributed by atoms with Gasteiger partial charge in [0.15, 0.2) is 0 Å². The van der Waals surface area contributed by atoms with Gasteiger partial charge >= 0.3 is 0 Å². The largest absolute Gasteiger partial charge is 0.376 e. The third-order valence-corrected chi connectivity index (χ3v) is 7.14. The van der Waals surface area contributed by atoms with Crippen LogP contribution >= 0.6 is 0 Å². The average molecular weight is 436 g/mol. The summed E-state index contributed by atoms with van der Waals surface area (Å²) in [6.45, 7) is 7.03. The van der Waals surface area contributed by atoms with Gasteiger partial charge in [-0.1, -0.05) is 0 Å². The van der Waals surface area contributed by atoms with E-state index in [2.05, 4.69) is 0 Å². The fourth-order valence-corrected chi connectivity index (χ4v) is 4.60. The molecular formula is C20H36O10.